The van der Waals surface area contributed by atoms with Crippen molar-refractivity contribution in [1.29, 1.82) is 0 Å². The van der Waals surface area contributed by atoms with Gasteiger partial charge in [0.15, 0.2) is 0 Å². The number of benzene rings is 1. The summed E-state index contributed by atoms with van der Waals surface area (Å²) in [4.78, 5) is 15.4. The summed E-state index contributed by atoms with van der Waals surface area (Å²) < 4.78 is 0. The van der Waals surface area contributed by atoms with Crippen LogP contribution in [0.2, 0.25) is 0 Å². The number of allylic oxidation sites excluding steroid dienone is 2. The molecule has 0 unspecified atom stereocenters. The lowest BCUT2D eigenvalue weighted by atomic mass is 9.81. The molecule has 1 aliphatic carbocycles. The number of rotatable bonds is 6. The second kappa shape index (κ2) is 7.47. The first-order valence-corrected chi connectivity index (χ1v) is 8.35. The molecule has 1 aliphatic rings. The van der Waals surface area contributed by atoms with E-state index >= 15 is 0 Å². The molecule has 1 amide bonds. The quantitative estimate of drug-likeness (QED) is 0.718. The van der Waals surface area contributed by atoms with Crippen LogP contribution in [0.5, 0.6) is 0 Å². The zero-order valence-electron chi connectivity index (χ0n) is 13.3. The second-order valence-electron chi connectivity index (χ2n) is 6.31. The molecule has 2 atom stereocenters. The number of carbonyl (C=O) groups excluding carboxylic acids is 1. The van der Waals surface area contributed by atoms with E-state index in [2.05, 4.69) is 34.6 Å². The van der Waals surface area contributed by atoms with Crippen molar-refractivity contribution < 1.29 is 9.90 Å². The van der Waals surface area contributed by atoms with Crippen molar-refractivity contribution in [2.75, 3.05) is 13.2 Å². The van der Waals surface area contributed by atoms with Gasteiger partial charge in [-0.1, -0.05) is 30.4 Å². The van der Waals surface area contributed by atoms with Crippen molar-refractivity contribution in [2.24, 2.45) is 11.8 Å². The summed E-state index contributed by atoms with van der Waals surface area (Å²) in [5, 5.41) is 13.6. The molecule has 3 rings (SSSR count). The zero-order valence-corrected chi connectivity index (χ0v) is 13.3. The molecule has 23 heavy (non-hydrogen) atoms. The van der Waals surface area contributed by atoms with Crippen LogP contribution in [0.4, 0.5) is 0 Å². The van der Waals surface area contributed by atoms with Gasteiger partial charge >= 0.3 is 0 Å². The van der Waals surface area contributed by atoms with Crippen LogP contribution >= 0.6 is 0 Å². The fourth-order valence-corrected chi connectivity index (χ4v) is 3.39. The predicted octanol–water partition coefficient (Wildman–Crippen LogP) is 2.79. The number of amides is 1. The maximum atomic E-state index is 12.1. The standard InChI is InChI=1S/C19H24N2O2/c22-13-16-6-2-1-5-14(16)11-19(23)20-10-9-15-12-21-18-8-4-3-7-17(15)18/h1-4,7-8,12,14,16,21-22H,5-6,9-11,13H2,(H,20,23)/t14-,16+/m0/s1. The van der Waals surface area contributed by atoms with Crippen molar-refractivity contribution >= 4 is 16.8 Å². The minimum atomic E-state index is 0.0867. The number of aliphatic hydroxyl groups excluding tert-OH is 1. The first kappa shape index (κ1) is 15.8. The van der Waals surface area contributed by atoms with Crippen molar-refractivity contribution in [3.05, 3.63) is 48.2 Å². The fourth-order valence-electron chi connectivity index (χ4n) is 3.39. The molecule has 2 aromatic rings. The van der Waals surface area contributed by atoms with Crippen LogP contribution in [0.3, 0.4) is 0 Å². The van der Waals surface area contributed by atoms with Gasteiger partial charge in [-0.2, -0.15) is 0 Å². The third kappa shape index (κ3) is 3.82. The van der Waals surface area contributed by atoms with Gasteiger partial charge in [0, 0.05) is 36.7 Å². The smallest absolute Gasteiger partial charge is 0.220 e. The highest BCUT2D eigenvalue weighted by Crippen LogP contribution is 2.27. The Kier molecular flexibility index (Phi) is 5.13. The van der Waals surface area contributed by atoms with Gasteiger partial charge < -0.3 is 15.4 Å². The van der Waals surface area contributed by atoms with E-state index in [0.29, 0.717) is 13.0 Å². The van der Waals surface area contributed by atoms with Gasteiger partial charge in [0.1, 0.15) is 0 Å². The lowest BCUT2D eigenvalue weighted by molar-refractivity contribution is -0.122. The van der Waals surface area contributed by atoms with E-state index in [4.69, 9.17) is 0 Å². The molecule has 0 radical (unpaired) electrons. The lowest BCUT2D eigenvalue weighted by Gasteiger charge is -2.26. The van der Waals surface area contributed by atoms with Crippen LogP contribution in [0.15, 0.2) is 42.6 Å². The minimum Gasteiger partial charge on any atom is -0.396 e. The molecule has 0 bridgehead atoms. The molecule has 0 spiro atoms. The van der Waals surface area contributed by atoms with Gasteiger partial charge in [-0.3, -0.25) is 4.79 Å². The number of aromatic amines is 1. The monoisotopic (exact) mass is 312 g/mol. The number of H-pyrrole nitrogens is 1. The van der Waals surface area contributed by atoms with Crippen molar-refractivity contribution in [3.8, 4) is 0 Å². The SMILES string of the molecule is O=C(C[C@@H]1CC=CC[C@@H]1CO)NCCc1c[nH]c2ccccc12. The average Bonchev–Trinajstić information content (AvgIpc) is 2.99. The van der Waals surface area contributed by atoms with Crippen LogP contribution in [0.25, 0.3) is 10.9 Å². The number of hydrogen-bond acceptors (Lipinski definition) is 2. The number of fused-ring (bicyclic) bond motifs is 1. The van der Waals surface area contributed by atoms with E-state index in [1.165, 1.54) is 10.9 Å². The first-order chi connectivity index (χ1) is 11.3. The van der Waals surface area contributed by atoms with E-state index in [1.54, 1.807) is 0 Å². The number of carbonyl (C=O) groups is 1. The van der Waals surface area contributed by atoms with E-state index in [-0.39, 0.29) is 24.3 Å². The van der Waals surface area contributed by atoms with Crippen LogP contribution in [0, 0.1) is 11.8 Å². The Hall–Kier alpha value is -2.07. The Morgan fingerprint density at radius 3 is 2.83 bits per heavy atom. The number of aliphatic hydroxyl groups is 1. The largest absolute Gasteiger partial charge is 0.396 e. The van der Waals surface area contributed by atoms with E-state index in [9.17, 15) is 9.90 Å². The van der Waals surface area contributed by atoms with Crippen LogP contribution in [-0.4, -0.2) is 29.1 Å². The summed E-state index contributed by atoms with van der Waals surface area (Å²) >= 11 is 0. The molecular weight excluding hydrogens is 288 g/mol. The second-order valence-corrected chi connectivity index (χ2v) is 6.31. The van der Waals surface area contributed by atoms with E-state index in [0.717, 1.165) is 24.8 Å². The maximum absolute atomic E-state index is 12.1. The molecule has 1 aromatic heterocycles. The highest BCUT2D eigenvalue weighted by molar-refractivity contribution is 5.83. The van der Waals surface area contributed by atoms with Gasteiger partial charge in [0.25, 0.3) is 0 Å². The Morgan fingerprint density at radius 2 is 2.00 bits per heavy atom. The Labute approximate surface area is 136 Å². The third-order valence-electron chi connectivity index (χ3n) is 4.78. The van der Waals surface area contributed by atoms with Crippen molar-refractivity contribution in [1.82, 2.24) is 10.3 Å². The number of nitrogens with one attached hydrogen (secondary N) is 2. The van der Waals surface area contributed by atoms with Crippen molar-refractivity contribution in [2.45, 2.75) is 25.7 Å². The van der Waals surface area contributed by atoms with Gasteiger partial charge in [0.05, 0.1) is 0 Å². The lowest BCUT2D eigenvalue weighted by Crippen LogP contribution is -2.31. The average molecular weight is 312 g/mol. The molecule has 1 heterocycles. The molecule has 122 valence electrons. The van der Waals surface area contributed by atoms with Gasteiger partial charge in [-0.05, 0) is 42.7 Å². The minimum absolute atomic E-state index is 0.0867. The number of hydrogen-bond donors (Lipinski definition) is 3. The summed E-state index contributed by atoms with van der Waals surface area (Å²) in [5.74, 6) is 0.570. The van der Waals surface area contributed by atoms with E-state index in [1.807, 2.05) is 18.3 Å². The molecule has 4 nitrogen and oxygen atoms in total. The molecule has 0 aliphatic heterocycles. The Morgan fingerprint density at radius 1 is 1.22 bits per heavy atom. The molecule has 4 heteroatoms. The fraction of sp³-hybridized carbons (Fsp3) is 0.421. The topological polar surface area (TPSA) is 65.1 Å². The normalized spacial score (nSPS) is 20.7. The van der Waals surface area contributed by atoms with Crippen molar-refractivity contribution in [3.63, 3.8) is 0 Å². The summed E-state index contributed by atoms with van der Waals surface area (Å²) in [6.45, 7) is 0.810. The van der Waals surface area contributed by atoms with Gasteiger partial charge in [0.2, 0.25) is 5.91 Å². The summed E-state index contributed by atoms with van der Waals surface area (Å²) in [6, 6.07) is 8.21. The van der Waals surface area contributed by atoms with Crippen LogP contribution < -0.4 is 5.32 Å². The third-order valence-corrected chi connectivity index (χ3v) is 4.78. The Balaban J connectivity index is 1.48. The van der Waals surface area contributed by atoms with Gasteiger partial charge in [-0.25, -0.2) is 0 Å². The molecular formula is C19H24N2O2. The highest BCUT2D eigenvalue weighted by Gasteiger charge is 2.23. The number of aromatic nitrogens is 1. The zero-order chi connectivity index (χ0) is 16.1. The summed E-state index contributed by atoms with van der Waals surface area (Å²) in [5.41, 5.74) is 2.36. The van der Waals surface area contributed by atoms with Gasteiger partial charge in [-0.15, -0.1) is 0 Å². The summed E-state index contributed by atoms with van der Waals surface area (Å²) in [6.07, 6.45) is 9.34. The Bertz CT molecular complexity index is 689. The first-order valence-electron chi connectivity index (χ1n) is 8.35. The molecule has 0 saturated heterocycles. The molecule has 0 saturated carbocycles. The highest BCUT2D eigenvalue weighted by atomic mass is 16.3. The maximum Gasteiger partial charge on any atom is 0.220 e. The number of para-hydroxylation sites is 1. The molecule has 1 aromatic carbocycles. The molecule has 3 N–H and O–H groups in total. The van der Waals surface area contributed by atoms with Crippen LogP contribution in [-0.2, 0) is 11.2 Å². The van der Waals surface area contributed by atoms with Crippen LogP contribution in [0.1, 0.15) is 24.8 Å². The summed E-state index contributed by atoms with van der Waals surface area (Å²) in [7, 11) is 0. The molecule has 0 fully saturated rings. The van der Waals surface area contributed by atoms with E-state index < -0.39 is 0 Å². The predicted molar refractivity (Wildman–Crippen MR) is 92.1 cm³/mol.